The summed E-state index contributed by atoms with van der Waals surface area (Å²) in [5, 5.41) is 3.53. The highest BCUT2D eigenvalue weighted by atomic mass is 16.5. The van der Waals surface area contributed by atoms with E-state index < -0.39 is 0 Å². The molecular formula is C16H22N4O. The topological polar surface area (TPSA) is 52.0 Å². The van der Waals surface area contributed by atoms with Crippen LogP contribution in [-0.2, 0) is 4.74 Å². The summed E-state index contributed by atoms with van der Waals surface area (Å²) in [5.74, 6) is 3.41. The Balaban J connectivity index is 1.72. The van der Waals surface area contributed by atoms with Crippen LogP contribution in [0.25, 0.3) is 5.82 Å². The van der Waals surface area contributed by atoms with Crippen LogP contribution in [-0.4, -0.2) is 33.8 Å². The van der Waals surface area contributed by atoms with E-state index in [1.807, 2.05) is 35.9 Å². The van der Waals surface area contributed by atoms with Crippen LogP contribution in [0.15, 0.2) is 30.6 Å². The van der Waals surface area contributed by atoms with Gasteiger partial charge in [-0.1, -0.05) is 6.07 Å². The zero-order valence-corrected chi connectivity index (χ0v) is 12.6. The molecule has 0 saturated carbocycles. The molecule has 3 heterocycles. The monoisotopic (exact) mass is 286 g/mol. The molecule has 21 heavy (non-hydrogen) atoms. The zero-order valence-electron chi connectivity index (χ0n) is 12.6. The van der Waals surface area contributed by atoms with Crippen molar-refractivity contribution in [2.24, 2.45) is 5.92 Å². The third-order valence-corrected chi connectivity index (χ3v) is 4.16. The molecule has 112 valence electrons. The summed E-state index contributed by atoms with van der Waals surface area (Å²) < 4.78 is 7.42. The maximum Gasteiger partial charge on any atom is 0.140 e. The molecule has 5 heteroatoms. The molecule has 0 bridgehead atoms. The predicted molar refractivity (Wildman–Crippen MR) is 82.7 cm³/mol. The van der Waals surface area contributed by atoms with Crippen molar-refractivity contribution < 1.29 is 4.74 Å². The molecule has 1 saturated heterocycles. The minimum Gasteiger partial charge on any atom is -0.381 e. The lowest BCUT2D eigenvalue weighted by Gasteiger charge is -2.28. The Hall–Kier alpha value is -1.88. The molecule has 1 unspecified atom stereocenters. The average molecular weight is 286 g/mol. The van der Waals surface area contributed by atoms with Crippen LogP contribution < -0.4 is 5.32 Å². The van der Waals surface area contributed by atoms with Crippen LogP contribution >= 0.6 is 0 Å². The molecule has 0 radical (unpaired) electrons. The van der Waals surface area contributed by atoms with Gasteiger partial charge in [-0.25, -0.2) is 9.97 Å². The maximum atomic E-state index is 5.43. The highest BCUT2D eigenvalue weighted by Gasteiger charge is 2.20. The lowest BCUT2D eigenvalue weighted by atomic mass is 9.93. The van der Waals surface area contributed by atoms with Crippen molar-refractivity contribution in [1.29, 1.82) is 0 Å². The number of imidazole rings is 1. The quantitative estimate of drug-likeness (QED) is 0.939. The highest BCUT2D eigenvalue weighted by Crippen LogP contribution is 2.21. The number of ether oxygens (including phenoxy) is 1. The van der Waals surface area contributed by atoms with Gasteiger partial charge in [-0.05, 0) is 44.7 Å². The number of nitrogens with one attached hydrogen (secondary N) is 1. The largest absolute Gasteiger partial charge is 0.381 e. The second-order valence-electron chi connectivity index (χ2n) is 5.61. The average Bonchev–Trinajstić information content (AvgIpc) is 2.94. The van der Waals surface area contributed by atoms with Gasteiger partial charge < -0.3 is 10.1 Å². The van der Waals surface area contributed by atoms with E-state index in [1.54, 1.807) is 6.20 Å². The van der Waals surface area contributed by atoms with Gasteiger partial charge in [0.2, 0.25) is 0 Å². The SMILES string of the molecule is Cc1nccn1-c1cccc(NC(C)C2CCOCC2)n1. The fraction of sp³-hybridized carbons (Fsp3) is 0.500. The maximum absolute atomic E-state index is 5.43. The fourth-order valence-corrected chi connectivity index (χ4v) is 2.82. The van der Waals surface area contributed by atoms with Gasteiger partial charge in [0.05, 0.1) is 0 Å². The Kier molecular flexibility index (Phi) is 4.20. The minimum absolute atomic E-state index is 0.403. The fourth-order valence-electron chi connectivity index (χ4n) is 2.82. The summed E-state index contributed by atoms with van der Waals surface area (Å²) in [4.78, 5) is 8.94. The van der Waals surface area contributed by atoms with Gasteiger partial charge in [0.15, 0.2) is 0 Å². The first-order chi connectivity index (χ1) is 10.2. The van der Waals surface area contributed by atoms with Gasteiger partial charge in [0.25, 0.3) is 0 Å². The van der Waals surface area contributed by atoms with E-state index >= 15 is 0 Å². The number of aryl methyl sites for hydroxylation is 1. The number of pyridine rings is 1. The molecule has 5 nitrogen and oxygen atoms in total. The Bertz CT molecular complexity index is 589. The lowest BCUT2D eigenvalue weighted by Crippen LogP contribution is -2.31. The number of anilines is 1. The molecule has 0 amide bonds. The number of hydrogen-bond donors (Lipinski definition) is 1. The molecule has 2 aromatic heterocycles. The normalized spacial score (nSPS) is 17.6. The Morgan fingerprint density at radius 2 is 2.14 bits per heavy atom. The van der Waals surface area contributed by atoms with Crippen molar-refractivity contribution in [3.63, 3.8) is 0 Å². The summed E-state index contributed by atoms with van der Waals surface area (Å²) in [6, 6.07) is 6.45. The predicted octanol–water partition coefficient (Wildman–Crippen LogP) is 2.80. The molecule has 1 aliphatic heterocycles. The third kappa shape index (κ3) is 3.24. The molecule has 1 N–H and O–H groups in total. The molecule has 0 aromatic carbocycles. The van der Waals surface area contributed by atoms with Crippen LogP contribution in [0.1, 0.15) is 25.6 Å². The summed E-state index contributed by atoms with van der Waals surface area (Å²) >= 11 is 0. The number of aromatic nitrogens is 3. The Labute approximate surface area is 125 Å². The second-order valence-corrected chi connectivity index (χ2v) is 5.61. The molecule has 3 rings (SSSR count). The molecular weight excluding hydrogens is 264 g/mol. The van der Waals surface area contributed by atoms with E-state index in [0.29, 0.717) is 12.0 Å². The number of nitrogens with zero attached hydrogens (tertiary/aromatic N) is 3. The van der Waals surface area contributed by atoms with Crippen molar-refractivity contribution in [1.82, 2.24) is 14.5 Å². The van der Waals surface area contributed by atoms with Crippen LogP contribution in [0.2, 0.25) is 0 Å². The van der Waals surface area contributed by atoms with Crippen molar-refractivity contribution >= 4 is 5.82 Å². The zero-order chi connectivity index (χ0) is 14.7. The van der Waals surface area contributed by atoms with E-state index in [1.165, 1.54) is 0 Å². The van der Waals surface area contributed by atoms with E-state index in [4.69, 9.17) is 9.72 Å². The first kappa shape index (κ1) is 14.1. The van der Waals surface area contributed by atoms with Crippen LogP contribution in [0.3, 0.4) is 0 Å². The summed E-state index contributed by atoms with van der Waals surface area (Å²) in [6.45, 7) is 5.95. The molecule has 0 spiro atoms. The summed E-state index contributed by atoms with van der Waals surface area (Å²) in [5.41, 5.74) is 0. The smallest absolute Gasteiger partial charge is 0.140 e. The van der Waals surface area contributed by atoms with Crippen molar-refractivity contribution in [3.05, 3.63) is 36.4 Å². The number of hydrogen-bond acceptors (Lipinski definition) is 4. The van der Waals surface area contributed by atoms with Crippen LogP contribution in [0.4, 0.5) is 5.82 Å². The van der Waals surface area contributed by atoms with Gasteiger partial charge in [-0.15, -0.1) is 0 Å². The van der Waals surface area contributed by atoms with Gasteiger partial charge in [-0.3, -0.25) is 4.57 Å². The standard InChI is InChI=1S/C16H22N4O/c1-12(14-6-10-21-11-7-14)18-15-4-3-5-16(19-15)20-9-8-17-13(20)2/h3-5,8-9,12,14H,6-7,10-11H2,1-2H3,(H,18,19). The van der Waals surface area contributed by atoms with Crippen molar-refractivity contribution in [2.45, 2.75) is 32.7 Å². The van der Waals surface area contributed by atoms with Gasteiger partial charge in [0.1, 0.15) is 17.5 Å². The summed E-state index contributed by atoms with van der Waals surface area (Å²) in [7, 11) is 0. The van der Waals surface area contributed by atoms with Gasteiger partial charge in [0, 0.05) is 31.6 Å². The lowest BCUT2D eigenvalue weighted by molar-refractivity contribution is 0.0622. The van der Waals surface area contributed by atoms with Gasteiger partial charge >= 0.3 is 0 Å². The third-order valence-electron chi connectivity index (χ3n) is 4.16. The highest BCUT2D eigenvalue weighted by molar-refractivity contribution is 5.41. The van der Waals surface area contributed by atoms with Crippen LogP contribution in [0.5, 0.6) is 0 Å². The van der Waals surface area contributed by atoms with E-state index in [0.717, 1.165) is 43.5 Å². The molecule has 1 aliphatic rings. The molecule has 1 atom stereocenters. The molecule has 2 aromatic rings. The molecule has 1 fully saturated rings. The van der Waals surface area contributed by atoms with Gasteiger partial charge in [-0.2, -0.15) is 0 Å². The summed E-state index contributed by atoms with van der Waals surface area (Å²) in [6.07, 6.45) is 5.97. The minimum atomic E-state index is 0.403. The number of rotatable bonds is 4. The van der Waals surface area contributed by atoms with E-state index in [9.17, 15) is 0 Å². The van der Waals surface area contributed by atoms with Crippen molar-refractivity contribution in [2.75, 3.05) is 18.5 Å². The van der Waals surface area contributed by atoms with Crippen molar-refractivity contribution in [3.8, 4) is 5.82 Å². The Morgan fingerprint density at radius 3 is 2.86 bits per heavy atom. The van der Waals surface area contributed by atoms with Crippen LogP contribution in [0, 0.1) is 12.8 Å². The first-order valence-corrected chi connectivity index (χ1v) is 7.55. The second kappa shape index (κ2) is 6.26. The first-order valence-electron chi connectivity index (χ1n) is 7.55. The molecule has 0 aliphatic carbocycles. The van der Waals surface area contributed by atoms with E-state index in [2.05, 4.69) is 17.2 Å². The van der Waals surface area contributed by atoms with E-state index in [-0.39, 0.29) is 0 Å². The Morgan fingerprint density at radius 1 is 1.33 bits per heavy atom.